The average Bonchev–Trinajstić information content (AvgIpc) is 2.86. The molecule has 8 heteroatoms. The summed E-state index contributed by atoms with van der Waals surface area (Å²) in [5.41, 5.74) is -0.786. The monoisotopic (exact) mass is 284 g/mol. The first-order valence-electron chi connectivity index (χ1n) is 5.85. The molecular formula is C12H11F3N4O. The number of halogens is 3. The van der Waals surface area contributed by atoms with Gasteiger partial charge in [-0.2, -0.15) is 5.10 Å². The van der Waals surface area contributed by atoms with Crippen molar-refractivity contribution in [1.29, 1.82) is 0 Å². The molecule has 0 aliphatic heterocycles. The van der Waals surface area contributed by atoms with Gasteiger partial charge in [-0.3, -0.25) is 9.89 Å². The van der Waals surface area contributed by atoms with Crippen LogP contribution in [0.15, 0.2) is 18.5 Å². The molecule has 0 bridgehead atoms. The smallest absolute Gasteiger partial charge is 0.257 e. The second-order valence-electron chi connectivity index (χ2n) is 4.04. The van der Waals surface area contributed by atoms with Gasteiger partial charge in [0.2, 0.25) is 0 Å². The van der Waals surface area contributed by atoms with Crippen LogP contribution in [0.25, 0.3) is 0 Å². The summed E-state index contributed by atoms with van der Waals surface area (Å²) >= 11 is 0. The van der Waals surface area contributed by atoms with Gasteiger partial charge >= 0.3 is 0 Å². The summed E-state index contributed by atoms with van der Waals surface area (Å²) in [4.78, 5) is 15.5. The van der Waals surface area contributed by atoms with E-state index in [0.717, 1.165) is 0 Å². The van der Waals surface area contributed by atoms with Crippen LogP contribution in [0, 0.1) is 17.5 Å². The van der Waals surface area contributed by atoms with Crippen LogP contribution in [-0.2, 0) is 6.42 Å². The molecule has 0 radical (unpaired) electrons. The number of nitrogens with one attached hydrogen (secondary N) is 2. The summed E-state index contributed by atoms with van der Waals surface area (Å²) < 4.78 is 39.4. The van der Waals surface area contributed by atoms with Crippen LogP contribution in [0.2, 0.25) is 0 Å². The zero-order chi connectivity index (χ0) is 14.5. The van der Waals surface area contributed by atoms with E-state index in [1.165, 1.54) is 6.33 Å². The molecule has 1 aromatic heterocycles. The van der Waals surface area contributed by atoms with Crippen molar-refractivity contribution in [3.63, 3.8) is 0 Å². The number of H-pyrrole nitrogens is 1. The van der Waals surface area contributed by atoms with E-state index in [-0.39, 0.29) is 6.54 Å². The first-order chi connectivity index (χ1) is 9.58. The number of amides is 1. The van der Waals surface area contributed by atoms with Gasteiger partial charge in [0.05, 0.1) is 0 Å². The van der Waals surface area contributed by atoms with E-state index < -0.39 is 28.9 Å². The van der Waals surface area contributed by atoms with E-state index in [4.69, 9.17) is 0 Å². The van der Waals surface area contributed by atoms with Crippen LogP contribution >= 0.6 is 0 Å². The standard InChI is InChI=1S/C12H11F3N4O/c13-7-4-8(14)11(9(15)5-7)12(20)16-3-1-2-10-17-6-18-19-10/h4-6H,1-3H2,(H,16,20)(H,17,18,19). The second kappa shape index (κ2) is 6.18. The highest BCUT2D eigenvalue weighted by Crippen LogP contribution is 2.14. The molecule has 1 heterocycles. The Bertz CT molecular complexity index is 578. The van der Waals surface area contributed by atoms with Crippen LogP contribution in [0.5, 0.6) is 0 Å². The number of aryl methyl sites for hydroxylation is 1. The Kier molecular flexibility index (Phi) is 4.34. The largest absolute Gasteiger partial charge is 0.352 e. The fourth-order valence-corrected chi connectivity index (χ4v) is 1.66. The Morgan fingerprint density at radius 1 is 1.25 bits per heavy atom. The molecule has 106 valence electrons. The zero-order valence-electron chi connectivity index (χ0n) is 10.3. The normalized spacial score (nSPS) is 10.6. The van der Waals surface area contributed by atoms with Crippen molar-refractivity contribution in [2.45, 2.75) is 12.8 Å². The lowest BCUT2D eigenvalue weighted by molar-refractivity contribution is 0.0944. The quantitative estimate of drug-likeness (QED) is 0.819. The molecule has 1 aromatic carbocycles. The minimum Gasteiger partial charge on any atom is -0.352 e. The predicted molar refractivity (Wildman–Crippen MR) is 63.4 cm³/mol. The number of benzene rings is 1. The van der Waals surface area contributed by atoms with Crippen molar-refractivity contribution in [1.82, 2.24) is 20.5 Å². The molecule has 0 unspecified atom stereocenters. The molecule has 1 amide bonds. The van der Waals surface area contributed by atoms with Crippen molar-refractivity contribution in [3.05, 3.63) is 47.3 Å². The maximum atomic E-state index is 13.3. The Hall–Kier alpha value is -2.38. The molecule has 0 aliphatic rings. The summed E-state index contributed by atoms with van der Waals surface area (Å²) in [7, 11) is 0. The summed E-state index contributed by atoms with van der Waals surface area (Å²) in [6.45, 7) is 0.204. The van der Waals surface area contributed by atoms with E-state index in [0.29, 0.717) is 30.8 Å². The minimum atomic E-state index is -1.23. The fraction of sp³-hybridized carbons (Fsp3) is 0.250. The number of hydrogen-bond acceptors (Lipinski definition) is 3. The van der Waals surface area contributed by atoms with Gasteiger partial charge in [-0.25, -0.2) is 18.2 Å². The van der Waals surface area contributed by atoms with Gasteiger partial charge < -0.3 is 5.32 Å². The number of aromatic nitrogens is 3. The number of carbonyl (C=O) groups excluding carboxylic acids is 1. The third-order valence-corrected chi connectivity index (χ3v) is 2.57. The molecular weight excluding hydrogens is 273 g/mol. The molecule has 2 aromatic rings. The molecule has 0 fully saturated rings. The van der Waals surface area contributed by atoms with E-state index in [2.05, 4.69) is 20.5 Å². The van der Waals surface area contributed by atoms with E-state index >= 15 is 0 Å². The molecule has 2 N–H and O–H groups in total. The van der Waals surface area contributed by atoms with Crippen LogP contribution in [-0.4, -0.2) is 27.6 Å². The van der Waals surface area contributed by atoms with Gasteiger partial charge in [0.1, 0.15) is 35.2 Å². The van der Waals surface area contributed by atoms with Gasteiger partial charge in [0.15, 0.2) is 0 Å². The van der Waals surface area contributed by atoms with Gasteiger partial charge in [-0.05, 0) is 6.42 Å². The first-order valence-corrected chi connectivity index (χ1v) is 5.85. The van der Waals surface area contributed by atoms with Crippen molar-refractivity contribution in [2.75, 3.05) is 6.54 Å². The Morgan fingerprint density at radius 3 is 2.55 bits per heavy atom. The SMILES string of the molecule is O=C(NCCCc1ncn[nH]1)c1c(F)cc(F)cc1F. The molecule has 20 heavy (non-hydrogen) atoms. The maximum absolute atomic E-state index is 13.3. The summed E-state index contributed by atoms with van der Waals surface area (Å²) in [5, 5.41) is 8.66. The lowest BCUT2D eigenvalue weighted by atomic mass is 10.1. The fourth-order valence-electron chi connectivity index (χ4n) is 1.66. The summed E-state index contributed by atoms with van der Waals surface area (Å²) in [5.74, 6) is -3.79. The Labute approximate surface area is 112 Å². The molecule has 0 atom stereocenters. The molecule has 0 saturated carbocycles. The van der Waals surface area contributed by atoms with Crippen LogP contribution in [0.4, 0.5) is 13.2 Å². The number of carbonyl (C=O) groups is 1. The third kappa shape index (κ3) is 3.34. The molecule has 2 rings (SSSR count). The number of aromatic amines is 1. The number of rotatable bonds is 5. The lowest BCUT2D eigenvalue weighted by Gasteiger charge is -2.06. The van der Waals surface area contributed by atoms with E-state index in [1.807, 2.05) is 0 Å². The molecule has 0 saturated heterocycles. The Morgan fingerprint density at radius 2 is 1.95 bits per heavy atom. The lowest BCUT2D eigenvalue weighted by Crippen LogP contribution is -2.27. The summed E-state index contributed by atoms with van der Waals surface area (Å²) in [6, 6.07) is 0.930. The summed E-state index contributed by atoms with van der Waals surface area (Å²) in [6.07, 6.45) is 2.41. The van der Waals surface area contributed by atoms with Crippen molar-refractivity contribution in [3.8, 4) is 0 Å². The molecule has 0 aliphatic carbocycles. The van der Waals surface area contributed by atoms with Gasteiger partial charge in [-0.15, -0.1) is 0 Å². The highest BCUT2D eigenvalue weighted by molar-refractivity contribution is 5.94. The predicted octanol–water partition coefficient (Wildman–Crippen LogP) is 1.58. The third-order valence-electron chi connectivity index (χ3n) is 2.57. The van der Waals surface area contributed by atoms with Crippen LogP contribution in [0.1, 0.15) is 22.6 Å². The van der Waals surface area contributed by atoms with E-state index in [1.54, 1.807) is 0 Å². The van der Waals surface area contributed by atoms with Gasteiger partial charge in [0.25, 0.3) is 5.91 Å². The maximum Gasteiger partial charge on any atom is 0.257 e. The van der Waals surface area contributed by atoms with Crippen LogP contribution < -0.4 is 5.32 Å². The van der Waals surface area contributed by atoms with E-state index in [9.17, 15) is 18.0 Å². The van der Waals surface area contributed by atoms with Crippen LogP contribution in [0.3, 0.4) is 0 Å². The highest BCUT2D eigenvalue weighted by Gasteiger charge is 2.18. The van der Waals surface area contributed by atoms with Crippen molar-refractivity contribution < 1.29 is 18.0 Å². The van der Waals surface area contributed by atoms with Crippen molar-refractivity contribution >= 4 is 5.91 Å². The highest BCUT2D eigenvalue weighted by atomic mass is 19.1. The Balaban J connectivity index is 1.89. The molecule has 5 nitrogen and oxygen atoms in total. The topological polar surface area (TPSA) is 70.7 Å². The van der Waals surface area contributed by atoms with Gasteiger partial charge in [0, 0.05) is 25.1 Å². The van der Waals surface area contributed by atoms with Crippen molar-refractivity contribution in [2.24, 2.45) is 0 Å². The first kappa shape index (κ1) is 14.0. The molecule has 0 spiro atoms. The average molecular weight is 284 g/mol. The zero-order valence-corrected chi connectivity index (χ0v) is 10.3. The second-order valence-corrected chi connectivity index (χ2v) is 4.04. The van der Waals surface area contributed by atoms with Gasteiger partial charge in [-0.1, -0.05) is 0 Å². The minimum absolute atomic E-state index is 0.204. The number of nitrogens with zero attached hydrogens (tertiary/aromatic N) is 2. The number of hydrogen-bond donors (Lipinski definition) is 2.